The third-order valence-corrected chi connectivity index (χ3v) is 4.90. The first kappa shape index (κ1) is 13.3. The Labute approximate surface area is 106 Å². The third kappa shape index (κ3) is 3.01. The smallest absolute Gasteiger partial charge is 0.0484 e. The zero-order valence-corrected chi connectivity index (χ0v) is 11.3. The SMILES string of the molecule is CCC1CCCN(C2(CN)CCOCC2)CC1. The molecule has 3 heteroatoms. The van der Waals surface area contributed by atoms with Gasteiger partial charge in [0.1, 0.15) is 0 Å². The zero-order chi connectivity index (χ0) is 12.1. The predicted octanol–water partition coefficient (Wildman–Crippen LogP) is 2.01. The Morgan fingerprint density at radius 1 is 1.24 bits per heavy atom. The highest BCUT2D eigenvalue weighted by Gasteiger charge is 2.37. The molecule has 0 spiro atoms. The molecule has 0 bridgehead atoms. The molecule has 0 aliphatic carbocycles. The number of rotatable bonds is 3. The van der Waals surface area contributed by atoms with Crippen LogP contribution in [0.3, 0.4) is 0 Å². The largest absolute Gasteiger partial charge is 0.381 e. The lowest BCUT2D eigenvalue weighted by atomic mass is 9.87. The molecule has 0 aromatic heterocycles. The molecule has 0 aromatic rings. The van der Waals surface area contributed by atoms with Gasteiger partial charge in [0.2, 0.25) is 0 Å². The van der Waals surface area contributed by atoms with Crippen molar-refractivity contribution < 1.29 is 4.74 Å². The number of ether oxygens (including phenoxy) is 1. The van der Waals surface area contributed by atoms with Crippen LogP contribution in [0.2, 0.25) is 0 Å². The molecule has 2 rings (SSSR count). The summed E-state index contributed by atoms with van der Waals surface area (Å²) in [4.78, 5) is 2.69. The minimum Gasteiger partial charge on any atom is -0.381 e. The first-order valence-corrected chi connectivity index (χ1v) is 7.33. The van der Waals surface area contributed by atoms with Crippen molar-refractivity contribution in [2.45, 2.75) is 51.0 Å². The van der Waals surface area contributed by atoms with Crippen molar-refractivity contribution in [1.29, 1.82) is 0 Å². The molecule has 2 aliphatic heterocycles. The van der Waals surface area contributed by atoms with Crippen molar-refractivity contribution in [2.75, 3.05) is 32.8 Å². The molecule has 3 nitrogen and oxygen atoms in total. The number of hydrogen-bond donors (Lipinski definition) is 1. The lowest BCUT2D eigenvalue weighted by Gasteiger charge is -2.45. The number of likely N-dealkylation sites (tertiary alicyclic amines) is 1. The summed E-state index contributed by atoms with van der Waals surface area (Å²) in [6, 6.07) is 0. The van der Waals surface area contributed by atoms with Crippen LogP contribution >= 0.6 is 0 Å². The van der Waals surface area contributed by atoms with Gasteiger partial charge in [-0.2, -0.15) is 0 Å². The fourth-order valence-electron chi connectivity index (χ4n) is 3.45. The van der Waals surface area contributed by atoms with E-state index in [0.717, 1.165) is 38.5 Å². The Hall–Kier alpha value is -0.120. The molecule has 2 aliphatic rings. The van der Waals surface area contributed by atoms with Gasteiger partial charge < -0.3 is 10.5 Å². The fourth-order valence-corrected chi connectivity index (χ4v) is 3.45. The number of nitrogens with two attached hydrogens (primary N) is 1. The second-order valence-corrected chi connectivity index (χ2v) is 5.73. The number of nitrogens with zero attached hydrogens (tertiary/aromatic N) is 1. The minimum absolute atomic E-state index is 0.251. The molecule has 2 fully saturated rings. The van der Waals surface area contributed by atoms with Crippen LogP contribution in [0, 0.1) is 5.92 Å². The normalized spacial score (nSPS) is 31.1. The predicted molar refractivity (Wildman–Crippen MR) is 71.0 cm³/mol. The van der Waals surface area contributed by atoms with E-state index < -0.39 is 0 Å². The topological polar surface area (TPSA) is 38.5 Å². The Morgan fingerprint density at radius 2 is 2.00 bits per heavy atom. The van der Waals surface area contributed by atoms with Crippen LogP contribution < -0.4 is 5.73 Å². The molecule has 0 amide bonds. The summed E-state index contributed by atoms with van der Waals surface area (Å²) in [5.74, 6) is 0.940. The highest BCUT2D eigenvalue weighted by molar-refractivity contribution is 4.94. The maximum absolute atomic E-state index is 6.09. The van der Waals surface area contributed by atoms with E-state index in [0.29, 0.717) is 0 Å². The molecule has 0 aromatic carbocycles. The molecule has 2 N–H and O–H groups in total. The van der Waals surface area contributed by atoms with Gasteiger partial charge in [0.25, 0.3) is 0 Å². The van der Waals surface area contributed by atoms with Gasteiger partial charge in [0.05, 0.1) is 0 Å². The molecule has 1 atom stereocenters. The van der Waals surface area contributed by atoms with Gasteiger partial charge in [-0.05, 0) is 51.1 Å². The van der Waals surface area contributed by atoms with E-state index in [9.17, 15) is 0 Å². The Morgan fingerprint density at radius 3 is 2.65 bits per heavy atom. The molecule has 2 heterocycles. The lowest BCUT2D eigenvalue weighted by molar-refractivity contribution is -0.0233. The van der Waals surface area contributed by atoms with Gasteiger partial charge in [0, 0.05) is 25.3 Å². The minimum atomic E-state index is 0.251. The van der Waals surface area contributed by atoms with Gasteiger partial charge in [-0.1, -0.05) is 13.3 Å². The molecule has 100 valence electrons. The molecule has 2 saturated heterocycles. The highest BCUT2D eigenvalue weighted by atomic mass is 16.5. The summed E-state index contributed by atoms with van der Waals surface area (Å²) >= 11 is 0. The molecular formula is C14H28N2O. The van der Waals surface area contributed by atoms with Crippen LogP contribution in [0.25, 0.3) is 0 Å². The fraction of sp³-hybridized carbons (Fsp3) is 1.00. The Bertz CT molecular complexity index is 226. The van der Waals surface area contributed by atoms with Crippen LogP contribution in [0.5, 0.6) is 0 Å². The molecule has 17 heavy (non-hydrogen) atoms. The van der Waals surface area contributed by atoms with Crippen LogP contribution in [0.15, 0.2) is 0 Å². The zero-order valence-electron chi connectivity index (χ0n) is 11.3. The van der Waals surface area contributed by atoms with Crippen molar-refractivity contribution in [3.63, 3.8) is 0 Å². The van der Waals surface area contributed by atoms with Gasteiger partial charge in [-0.15, -0.1) is 0 Å². The van der Waals surface area contributed by atoms with E-state index in [4.69, 9.17) is 10.5 Å². The first-order valence-electron chi connectivity index (χ1n) is 7.33. The molecular weight excluding hydrogens is 212 g/mol. The van der Waals surface area contributed by atoms with Crippen molar-refractivity contribution in [3.05, 3.63) is 0 Å². The van der Waals surface area contributed by atoms with E-state index in [2.05, 4.69) is 11.8 Å². The monoisotopic (exact) mass is 240 g/mol. The van der Waals surface area contributed by atoms with Gasteiger partial charge in [0.15, 0.2) is 0 Å². The van der Waals surface area contributed by atoms with Crippen molar-refractivity contribution in [2.24, 2.45) is 11.7 Å². The van der Waals surface area contributed by atoms with Gasteiger partial charge in [-0.3, -0.25) is 4.90 Å². The van der Waals surface area contributed by atoms with Crippen molar-refractivity contribution >= 4 is 0 Å². The van der Waals surface area contributed by atoms with Gasteiger partial charge >= 0.3 is 0 Å². The van der Waals surface area contributed by atoms with E-state index in [1.165, 1.54) is 38.8 Å². The molecule has 0 radical (unpaired) electrons. The van der Waals surface area contributed by atoms with E-state index in [1.54, 1.807) is 0 Å². The number of hydrogen-bond acceptors (Lipinski definition) is 3. The van der Waals surface area contributed by atoms with Crippen molar-refractivity contribution in [1.82, 2.24) is 4.90 Å². The summed E-state index contributed by atoms with van der Waals surface area (Å²) < 4.78 is 5.51. The van der Waals surface area contributed by atoms with E-state index in [1.807, 2.05) is 0 Å². The summed E-state index contributed by atoms with van der Waals surface area (Å²) in [7, 11) is 0. The van der Waals surface area contributed by atoms with Crippen molar-refractivity contribution in [3.8, 4) is 0 Å². The quantitative estimate of drug-likeness (QED) is 0.820. The summed E-state index contributed by atoms with van der Waals surface area (Å²) in [6.45, 7) is 7.40. The summed E-state index contributed by atoms with van der Waals surface area (Å²) in [6.07, 6.45) is 7.71. The van der Waals surface area contributed by atoms with Crippen LogP contribution in [-0.2, 0) is 4.74 Å². The second-order valence-electron chi connectivity index (χ2n) is 5.73. The van der Waals surface area contributed by atoms with E-state index >= 15 is 0 Å². The molecule has 0 saturated carbocycles. The van der Waals surface area contributed by atoms with Gasteiger partial charge in [-0.25, -0.2) is 0 Å². The summed E-state index contributed by atoms with van der Waals surface area (Å²) in [5, 5.41) is 0. The summed E-state index contributed by atoms with van der Waals surface area (Å²) in [5.41, 5.74) is 6.34. The highest BCUT2D eigenvalue weighted by Crippen LogP contribution is 2.31. The average molecular weight is 240 g/mol. The Kier molecular flexibility index (Phi) is 4.83. The van der Waals surface area contributed by atoms with Crippen LogP contribution in [-0.4, -0.2) is 43.3 Å². The maximum Gasteiger partial charge on any atom is 0.0484 e. The standard InChI is InChI=1S/C14H28N2O/c1-2-13-4-3-8-16(9-5-13)14(12-15)6-10-17-11-7-14/h13H,2-12,15H2,1H3. The maximum atomic E-state index is 6.09. The first-order chi connectivity index (χ1) is 8.30. The van der Waals surface area contributed by atoms with Crippen LogP contribution in [0.4, 0.5) is 0 Å². The average Bonchev–Trinajstić information content (AvgIpc) is 2.65. The third-order valence-electron chi connectivity index (χ3n) is 4.90. The lowest BCUT2D eigenvalue weighted by Crippen LogP contribution is -2.57. The second kappa shape index (κ2) is 6.17. The van der Waals surface area contributed by atoms with Crippen LogP contribution in [0.1, 0.15) is 45.4 Å². The Balaban J connectivity index is 1.98. The molecule has 1 unspecified atom stereocenters. The van der Waals surface area contributed by atoms with E-state index in [-0.39, 0.29) is 5.54 Å².